The van der Waals surface area contributed by atoms with Crippen LogP contribution in [0.2, 0.25) is 0 Å². The molecule has 1 aromatic carbocycles. The number of rotatable bonds is 14. The summed E-state index contributed by atoms with van der Waals surface area (Å²) in [6.45, 7) is 17.1. The summed E-state index contributed by atoms with van der Waals surface area (Å²) in [5.74, 6) is -1.05. The predicted molar refractivity (Wildman–Crippen MR) is 156 cm³/mol. The molecule has 40 heavy (non-hydrogen) atoms. The van der Waals surface area contributed by atoms with Crippen LogP contribution in [-0.2, 0) is 30.5 Å². The van der Waals surface area contributed by atoms with Gasteiger partial charge < -0.3 is 25.0 Å². The van der Waals surface area contributed by atoms with Crippen LogP contribution in [0.5, 0.6) is 0 Å². The number of hydrogen-bond donors (Lipinski definition) is 2. The van der Waals surface area contributed by atoms with Gasteiger partial charge in [0.15, 0.2) is 0 Å². The van der Waals surface area contributed by atoms with E-state index in [-0.39, 0.29) is 24.4 Å². The smallest absolute Gasteiger partial charge is 0.408 e. The van der Waals surface area contributed by atoms with Crippen molar-refractivity contribution in [3.05, 3.63) is 35.9 Å². The number of nitrogens with one attached hydrogen (secondary N) is 2. The molecule has 226 valence electrons. The summed E-state index contributed by atoms with van der Waals surface area (Å²) in [6, 6.07) is 6.76. The SMILES string of the molecule is CC(C)C[C@H](C(=O)N[C@H](CC(C)C)C(=O)OCc1ccccc1)N(C)C(=O)[C@@H](CC(C)C)NC(=O)OC(C)(C)C. The zero-order valence-electron chi connectivity index (χ0n) is 26.1. The number of nitrogens with zero attached hydrogens (tertiary/aromatic N) is 1. The van der Waals surface area contributed by atoms with Crippen molar-refractivity contribution in [1.82, 2.24) is 15.5 Å². The Bertz CT molecular complexity index is 956. The van der Waals surface area contributed by atoms with Gasteiger partial charge in [-0.25, -0.2) is 9.59 Å². The fourth-order valence-electron chi connectivity index (χ4n) is 4.21. The van der Waals surface area contributed by atoms with Gasteiger partial charge in [-0.3, -0.25) is 9.59 Å². The Balaban J connectivity index is 3.11. The minimum atomic E-state index is -0.871. The average molecular weight is 562 g/mol. The third-order valence-corrected chi connectivity index (χ3v) is 6.04. The Labute approximate surface area is 240 Å². The number of amides is 3. The summed E-state index contributed by atoms with van der Waals surface area (Å²) in [5, 5.41) is 5.55. The molecule has 0 spiro atoms. The molecule has 0 radical (unpaired) electrons. The highest BCUT2D eigenvalue weighted by Crippen LogP contribution is 2.17. The highest BCUT2D eigenvalue weighted by Gasteiger charge is 2.35. The fraction of sp³-hybridized carbons (Fsp3) is 0.677. The van der Waals surface area contributed by atoms with E-state index in [2.05, 4.69) is 10.6 Å². The molecule has 0 aliphatic heterocycles. The maximum absolute atomic E-state index is 13.6. The number of esters is 1. The zero-order valence-corrected chi connectivity index (χ0v) is 26.1. The van der Waals surface area contributed by atoms with Gasteiger partial charge in [0.05, 0.1) is 0 Å². The van der Waals surface area contributed by atoms with Gasteiger partial charge in [0.25, 0.3) is 0 Å². The number of likely N-dealkylation sites (N-methyl/N-ethyl adjacent to an activating group) is 1. The lowest BCUT2D eigenvalue weighted by atomic mass is 9.98. The lowest BCUT2D eigenvalue weighted by Crippen LogP contribution is -2.57. The first kappa shape index (κ1) is 34.9. The van der Waals surface area contributed by atoms with E-state index >= 15 is 0 Å². The van der Waals surface area contributed by atoms with Crippen LogP contribution in [-0.4, -0.2) is 59.6 Å². The summed E-state index contributed by atoms with van der Waals surface area (Å²) in [6.07, 6.45) is 0.451. The molecule has 0 aliphatic carbocycles. The summed E-state index contributed by atoms with van der Waals surface area (Å²) < 4.78 is 10.9. The number of benzene rings is 1. The minimum absolute atomic E-state index is 0.0851. The number of hydrogen-bond acceptors (Lipinski definition) is 6. The van der Waals surface area contributed by atoms with Gasteiger partial charge >= 0.3 is 12.1 Å². The van der Waals surface area contributed by atoms with Crippen molar-refractivity contribution in [3.63, 3.8) is 0 Å². The van der Waals surface area contributed by atoms with Crippen molar-refractivity contribution in [3.8, 4) is 0 Å². The van der Waals surface area contributed by atoms with E-state index in [0.29, 0.717) is 19.3 Å². The molecule has 0 aromatic heterocycles. The van der Waals surface area contributed by atoms with Crippen molar-refractivity contribution >= 4 is 23.9 Å². The van der Waals surface area contributed by atoms with Crippen LogP contribution in [0.1, 0.15) is 87.1 Å². The van der Waals surface area contributed by atoms with E-state index in [1.165, 1.54) is 4.90 Å². The topological polar surface area (TPSA) is 114 Å². The van der Waals surface area contributed by atoms with E-state index in [4.69, 9.17) is 9.47 Å². The van der Waals surface area contributed by atoms with Crippen LogP contribution in [0.25, 0.3) is 0 Å². The van der Waals surface area contributed by atoms with Gasteiger partial charge in [0.1, 0.15) is 30.3 Å². The maximum Gasteiger partial charge on any atom is 0.408 e. The molecule has 0 aliphatic rings. The largest absolute Gasteiger partial charge is 0.459 e. The predicted octanol–water partition coefficient (Wildman–Crippen LogP) is 5.07. The number of ether oxygens (including phenoxy) is 2. The molecule has 1 rings (SSSR count). The number of carbonyl (C=O) groups is 4. The molecule has 0 unspecified atom stereocenters. The second kappa shape index (κ2) is 16.2. The first-order valence-corrected chi connectivity index (χ1v) is 14.3. The van der Waals surface area contributed by atoms with E-state index in [0.717, 1.165) is 5.56 Å². The summed E-state index contributed by atoms with van der Waals surface area (Å²) in [7, 11) is 1.56. The molecule has 9 nitrogen and oxygen atoms in total. The molecule has 0 fully saturated rings. The highest BCUT2D eigenvalue weighted by molar-refractivity contribution is 5.93. The normalized spacial score (nSPS) is 13.9. The lowest BCUT2D eigenvalue weighted by Gasteiger charge is -2.33. The van der Waals surface area contributed by atoms with Gasteiger partial charge in [0, 0.05) is 7.05 Å². The minimum Gasteiger partial charge on any atom is -0.459 e. The van der Waals surface area contributed by atoms with Crippen LogP contribution < -0.4 is 10.6 Å². The first-order chi connectivity index (χ1) is 18.5. The zero-order chi connectivity index (χ0) is 30.6. The Morgan fingerprint density at radius 2 is 1.32 bits per heavy atom. The van der Waals surface area contributed by atoms with Gasteiger partial charge in [-0.1, -0.05) is 71.9 Å². The lowest BCUT2D eigenvalue weighted by molar-refractivity contribution is -0.150. The van der Waals surface area contributed by atoms with E-state index < -0.39 is 47.6 Å². The van der Waals surface area contributed by atoms with Crippen LogP contribution in [0.15, 0.2) is 30.3 Å². The summed E-state index contributed by atoms with van der Waals surface area (Å²) in [4.78, 5) is 54.2. The van der Waals surface area contributed by atoms with E-state index in [9.17, 15) is 19.2 Å². The van der Waals surface area contributed by atoms with Crippen molar-refractivity contribution in [2.45, 2.75) is 112 Å². The molecular weight excluding hydrogens is 510 g/mol. The number of alkyl carbamates (subject to hydrolysis) is 1. The monoisotopic (exact) mass is 561 g/mol. The molecule has 3 amide bonds. The molecule has 0 saturated heterocycles. The van der Waals surface area contributed by atoms with Crippen LogP contribution >= 0.6 is 0 Å². The van der Waals surface area contributed by atoms with Gasteiger partial charge in [-0.2, -0.15) is 0 Å². The molecule has 9 heteroatoms. The molecule has 2 N–H and O–H groups in total. The van der Waals surface area contributed by atoms with Crippen LogP contribution in [0, 0.1) is 17.8 Å². The van der Waals surface area contributed by atoms with Gasteiger partial charge in [-0.05, 0) is 63.4 Å². The van der Waals surface area contributed by atoms with Crippen LogP contribution in [0.3, 0.4) is 0 Å². The molecule has 3 atom stereocenters. The third-order valence-electron chi connectivity index (χ3n) is 6.04. The Hall–Kier alpha value is -3.10. The van der Waals surface area contributed by atoms with Crippen molar-refractivity contribution in [1.29, 1.82) is 0 Å². The van der Waals surface area contributed by atoms with Gasteiger partial charge in [-0.15, -0.1) is 0 Å². The molecule has 0 bridgehead atoms. The molecule has 1 aromatic rings. The third kappa shape index (κ3) is 13.3. The highest BCUT2D eigenvalue weighted by atomic mass is 16.6. The fourth-order valence-corrected chi connectivity index (χ4v) is 4.21. The van der Waals surface area contributed by atoms with Crippen LogP contribution in [0.4, 0.5) is 4.79 Å². The average Bonchev–Trinajstić information content (AvgIpc) is 2.82. The van der Waals surface area contributed by atoms with E-state index in [1.807, 2.05) is 71.9 Å². The molecule has 0 saturated carbocycles. The first-order valence-electron chi connectivity index (χ1n) is 14.3. The standard InChI is InChI=1S/C31H51N3O6/c1-20(2)16-24(33-30(38)40-31(7,8)9)28(36)34(10)26(18-22(5)6)27(35)32-25(17-21(3)4)29(37)39-19-23-14-12-11-13-15-23/h11-15,20-22,24-26H,16-19H2,1-10H3,(H,32,35)(H,33,38)/t24-,25-,26-/m1/s1. The second-order valence-electron chi connectivity index (χ2n) is 12.7. The molecule has 0 heterocycles. The second-order valence-corrected chi connectivity index (χ2v) is 12.7. The Morgan fingerprint density at radius 1 is 0.800 bits per heavy atom. The summed E-state index contributed by atoms with van der Waals surface area (Å²) in [5.41, 5.74) is 0.129. The summed E-state index contributed by atoms with van der Waals surface area (Å²) >= 11 is 0. The van der Waals surface area contributed by atoms with E-state index in [1.54, 1.807) is 27.8 Å². The Morgan fingerprint density at radius 3 is 1.82 bits per heavy atom. The quantitative estimate of drug-likeness (QED) is 0.307. The van der Waals surface area contributed by atoms with Gasteiger partial charge in [0.2, 0.25) is 11.8 Å². The molecular formula is C31H51N3O6. The Kier molecular flexibility index (Phi) is 14.2. The van der Waals surface area contributed by atoms with Crippen molar-refractivity contribution in [2.75, 3.05) is 7.05 Å². The van der Waals surface area contributed by atoms with Crippen molar-refractivity contribution < 1.29 is 28.7 Å². The number of carbonyl (C=O) groups excluding carboxylic acids is 4. The van der Waals surface area contributed by atoms with Crippen molar-refractivity contribution in [2.24, 2.45) is 17.8 Å². The maximum atomic E-state index is 13.6.